The van der Waals surface area contributed by atoms with E-state index in [0.717, 1.165) is 6.61 Å². The van der Waals surface area contributed by atoms with Crippen LogP contribution in [0.15, 0.2) is 0 Å². The molecule has 0 N–H and O–H groups in total. The molecule has 9 heavy (non-hydrogen) atoms. The lowest BCUT2D eigenvalue weighted by molar-refractivity contribution is -0.0167. The van der Waals surface area contributed by atoms with Crippen LogP contribution in [0.3, 0.4) is 0 Å². The second-order valence-corrected chi connectivity index (χ2v) is 2.66. The highest BCUT2D eigenvalue weighted by atomic mass is 16.5. The molecule has 1 fully saturated rings. The van der Waals surface area contributed by atoms with Crippen LogP contribution in [0.1, 0.15) is 19.8 Å². The predicted octanol–water partition coefficient (Wildman–Crippen LogP) is 1.07. The lowest BCUT2D eigenvalue weighted by Crippen LogP contribution is -2.29. The fourth-order valence-electron chi connectivity index (χ4n) is 1.03. The van der Waals surface area contributed by atoms with Gasteiger partial charge in [-0.05, 0) is 26.8 Å². The monoisotopic (exact) mass is 129 g/mol. The molecule has 0 aliphatic carbocycles. The van der Waals surface area contributed by atoms with Crippen LogP contribution in [0.25, 0.3) is 0 Å². The molecule has 1 rings (SSSR count). The van der Waals surface area contributed by atoms with Crippen LogP contribution < -0.4 is 0 Å². The minimum Gasteiger partial charge on any atom is -0.363 e. The quantitative estimate of drug-likeness (QED) is 0.485. The Kier molecular flexibility index (Phi) is 2.49. The number of nitrogens with zero attached hydrogens (tertiary/aromatic N) is 1. The predicted molar refractivity (Wildman–Crippen MR) is 37.3 cm³/mol. The molecule has 0 aromatic heterocycles. The topological polar surface area (TPSA) is 12.5 Å². The summed E-state index contributed by atoms with van der Waals surface area (Å²) in [4.78, 5) is 2.24. The maximum atomic E-state index is 5.44. The van der Waals surface area contributed by atoms with Gasteiger partial charge < -0.3 is 4.74 Å². The van der Waals surface area contributed by atoms with E-state index in [9.17, 15) is 0 Å². The fourth-order valence-corrected chi connectivity index (χ4v) is 1.03. The molecular formula is C7H15NO. The van der Waals surface area contributed by atoms with Crippen LogP contribution in [-0.4, -0.2) is 31.3 Å². The van der Waals surface area contributed by atoms with Crippen molar-refractivity contribution < 1.29 is 4.74 Å². The van der Waals surface area contributed by atoms with Crippen LogP contribution in [-0.2, 0) is 4.74 Å². The molecule has 0 radical (unpaired) electrons. The van der Waals surface area contributed by atoms with Crippen LogP contribution in [0.4, 0.5) is 0 Å². The molecule has 0 saturated carbocycles. The maximum Gasteiger partial charge on any atom is 0.107 e. The third kappa shape index (κ3) is 1.95. The van der Waals surface area contributed by atoms with Crippen molar-refractivity contribution in [2.24, 2.45) is 0 Å². The van der Waals surface area contributed by atoms with Crippen molar-refractivity contribution >= 4 is 0 Å². The van der Waals surface area contributed by atoms with E-state index in [4.69, 9.17) is 4.74 Å². The van der Waals surface area contributed by atoms with Gasteiger partial charge >= 0.3 is 0 Å². The molecule has 54 valence electrons. The van der Waals surface area contributed by atoms with Crippen molar-refractivity contribution in [2.45, 2.75) is 26.0 Å². The van der Waals surface area contributed by atoms with Crippen LogP contribution >= 0.6 is 0 Å². The Morgan fingerprint density at radius 2 is 2.22 bits per heavy atom. The minimum atomic E-state index is 0.326. The summed E-state index contributed by atoms with van der Waals surface area (Å²) in [7, 11) is 2.11. The first-order valence-corrected chi connectivity index (χ1v) is 3.62. The van der Waals surface area contributed by atoms with Crippen LogP contribution in [0, 0.1) is 0 Å². The number of hydrogen-bond donors (Lipinski definition) is 0. The average Bonchev–Trinajstić information content (AvgIpc) is 1.99. The van der Waals surface area contributed by atoms with E-state index in [0.29, 0.717) is 6.23 Å². The Balaban J connectivity index is 2.32. The van der Waals surface area contributed by atoms with Gasteiger partial charge in [0.05, 0.1) is 0 Å². The summed E-state index contributed by atoms with van der Waals surface area (Å²) in [5, 5.41) is 0. The molecule has 0 aromatic carbocycles. The highest BCUT2D eigenvalue weighted by Gasteiger charge is 2.11. The highest BCUT2D eigenvalue weighted by molar-refractivity contribution is 4.57. The fraction of sp³-hybridized carbons (Fsp3) is 1.00. The Hall–Kier alpha value is -0.0800. The van der Waals surface area contributed by atoms with Gasteiger partial charge in [0.1, 0.15) is 6.23 Å². The first-order valence-electron chi connectivity index (χ1n) is 3.62. The van der Waals surface area contributed by atoms with Crippen LogP contribution in [0.5, 0.6) is 0 Å². The summed E-state index contributed by atoms with van der Waals surface area (Å²) >= 11 is 0. The van der Waals surface area contributed by atoms with Gasteiger partial charge in [0.2, 0.25) is 0 Å². The molecule has 0 bridgehead atoms. The molecule has 1 atom stereocenters. The van der Waals surface area contributed by atoms with Gasteiger partial charge in [-0.25, -0.2) is 0 Å². The molecule has 0 aromatic rings. The Labute approximate surface area is 56.8 Å². The van der Waals surface area contributed by atoms with E-state index in [2.05, 4.69) is 18.9 Å². The molecular weight excluding hydrogens is 114 g/mol. The lowest BCUT2D eigenvalue weighted by atomic mass is 10.3. The van der Waals surface area contributed by atoms with Gasteiger partial charge in [0.15, 0.2) is 0 Å². The Bertz CT molecular complexity index is 75.0. The summed E-state index contributed by atoms with van der Waals surface area (Å²) in [6.45, 7) is 4.22. The first-order chi connectivity index (χ1) is 4.30. The smallest absolute Gasteiger partial charge is 0.107 e. The molecule has 1 aliphatic heterocycles. The molecule has 2 heteroatoms. The SMILES string of the molecule is CC1OCCCCN1C. The highest BCUT2D eigenvalue weighted by Crippen LogP contribution is 2.06. The van der Waals surface area contributed by atoms with Crippen molar-refractivity contribution in [1.82, 2.24) is 4.90 Å². The third-order valence-electron chi connectivity index (χ3n) is 1.88. The molecule has 1 aliphatic rings. The van der Waals surface area contributed by atoms with Crippen molar-refractivity contribution in [3.63, 3.8) is 0 Å². The zero-order valence-corrected chi connectivity index (χ0v) is 6.26. The van der Waals surface area contributed by atoms with Crippen molar-refractivity contribution in [1.29, 1.82) is 0 Å². The zero-order valence-electron chi connectivity index (χ0n) is 6.26. The first kappa shape index (κ1) is 7.03. The van der Waals surface area contributed by atoms with E-state index >= 15 is 0 Å². The number of ether oxygens (including phenoxy) is 1. The second-order valence-electron chi connectivity index (χ2n) is 2.66. The molecule has 2 nitrogen and oxygen atoms in total. The van der Waals surface area contributed by atoms with Crippen molar-refractivity contribution in [2.75, 3.05) is 20.2 Å². The average molecular weight is 129 g/mol. The molecule has 1 unspecified atom stereocenters. The summed E-state index contributed by atoms with van der Waals surface area (Å²) < 4.78 is 5.44. The summed E-state index contributed by atoms with van der Waals surface area (Å²) in [6, 6.07) is 0. The van der Waals surface area contributed by atoms with Gasteiger partial charge in [-0.3, -0.25) is 4.90 Å². The Morgan fingerprint density at radius 3 is 3.00 bits per heavy atom. The molecule has 1 saturated heterocycles. The van der Waals surface area contributed by atoms with Gasteiger partial charge in [-0.15, -0.1) is 0 Å². The third-order valence-corrected chi connectivity index (χ3v) is 1.88. The van der Waals surface area contributed by atoms with Crippen molar-refractivity contribution in [3.05, 3.63) is 0 Å². The molecule has 1 heterocycles. The zero-order chi connectivity index (χ0) is 6.69. The van der Waals surface area contributed by atoms with Crippen molar-refractivity contribution in [3.8, 4) is 0 Å². The van der Waals surface area contributed by atoms with Gasteiger partial charge in [0, 0.05) is 13.2 Å². The summed E-state index contributed by atoms with van der Waals surface area (Å²) in [5.74, 6) is 0. The number of hydrogen-bond acceptors (Lipinski definition) is 2. The van der Waals surface area contributed by atoms with E-state index in [-0.39, 0.29) is 0 Å². The van der Waals surface area contributed by atoms with Gasteiger partial charge in [0.25, 0.3) is 0 Å². The van der Waals surface area contributed by atoms with Gasteiger partial charge in [-0.1, -0.05) is 0 Å². The van der Waals surface area contributed by atoms with E-state index < -0.39 is 0 Å². The van der Waals surface area contributed by atoms with Gasteiger partial charge in [-0.2, -0.15) is 0 Å². The summed E-state index contributed by atoms with van der Waals surface area (Å²) in [5.41, 5.74) is 0. The number of rotatable bonds is 0. The Morgan fingerprint density at radius 1 is 1.44 bits per heavy atom. The maximum absolute atomic E-state index is 5.44. The minimum absolute atomic E-state index is 0.326. The molecule has 0 spiro atoms. The lowest BCUT2D eigenvalue weighted by Gasteiger charge is -2.20. The normalized spacial score (nSPS) is 32.0. The second kappa shape index (κ2) is 3.18. The standard InChI is InChI=1S/C7H15NO/c1-7-8(2)5-3-4-6-9-7/h7H,3-6H2,1-2H3. The van der Waals surface area contributed by atoms with E-state index in [1.807, 2.05) is 0 Å². The van der Waals surface area contributed by atoms with Crippen LogP contribution in [0.2, 0.25) is 0 Å². The van der Waals surface area contributed by atoms with E-state index in [1.165, 1.54) is 19.4 Å². The van der Waals surface area contributed by atoms with E-state index in [1.54, 1.807) is 0 Å². The molecule has 0 amide bonds. The summed E-state index contributed by atoms with van der Waals surface area (Å²) in [6.07, 6.45) is 2.82. The largest absolute Gasteiger partial charge is 0.363 e.